The lowest BCUT2D eigenvalue weighted by Crippen LogP contribution is -2.03. The minimum absolute atomic E-state index is 0.0529. The number of hydrogen-bond donors (Lipinski definition) is 1. The van der Waals surface area contributed by atoms with Gasteiger partial charge in [0.1, 0.15) is 12.4 Å². The molecular weight excluding hydrogens is 524 g/mol. The number of hydrogen-bond acceptors (Lipinski definition) is 4. The van der Waals surface area contributed by atoms with Crippen molar-refractivity contribution >= 4 is 40.2 Å². The van der Waals surface area contributed by atoms with Crippen LogP contribution in [0.2, 0.25) is 0 Å². The highest BCUT2D eigenvalue weighted by Crippen LogP contribution is 2.36. The molecule has 0 aliphatic heterocycles. The molecule has 0 saturated heterocycles. The van der Waals surface area contributed by atoms with E-state index in [4.69, 9.17) is 14.6 Å². The molecule has 0 unspecified atom stereocenters. The van der Waals surface area contributed by atoms with E-state index in [1.807, 2.05) is 13.0 Å². The first-order valence-corrected chi connectivity index (χ1v) is 10.8. The number of carbonyl (C=O) groups is 1. The number of benzene rings is 3. The fourth-order valence-corrected chi connectivity index (χ4v) is 3.76. The molecule has 7 heteroatoms. The maximum Gasteiger partial charge on any atom is 0.335 e. The number of allylic oxidation sites excluding steroid dienone is 1. The van der Waals surface area contributed by atoms with E-state index in [1.165, 1.54) is 18.2 Å². The Morgan fingerprint density at radius 1 is 1.12 bits per heavy atom. The molecule has 0 heterocycles. The van der Waals surface area contributed by atoms with Gasteiger partial charge >= 0.3 is 5.97 Å². The number of aromatic carboxylic acids is 1. The SMILES string of the molecule is CCOc1cc(/C=C(/C#N)c2ccc(C(=O)O)cc2)cc(I)c1OCc1ccccc1F. The van der Waals surface area contributed by atoms with Crippen molar-refractivity contribution in [2.75, 3.05) is 6.61 Å². The van der Waals surface area contributed by atoms with Crippen LogP contribution in [0.3, 0.4) is 0 Å². The van der Waals surface area contributed by atoms with Crippen molar-refractivity contribution < 1.29 is 23.8 Å². The molecule has 3 aromatic rings. The van der Waals surface area contributed by atoms with E-state index in [1.54, 1.807) is 42.5 Å². The number of nitrogens with zero attached hydrogens (tertiary/aromatic N) is 1. The molecule has 3 aromatic carbocycles. The van der Waals surface area contributed by atoms with Crippen LogP contribution in [0.15, 0.2) is 60.7 Å². The van der Waals surface area contributed by atoms with Crippen molar-refractivity contribution in [3.05, 3.63) is 92.3 Å². The molecule has 0 aromatic heterocycles. The van der Waals surface area contributed by atoms with Gasteiger partial charge in [-0.2, -0.15) is 5.26 Å². The van der Waals surface area contributed by atoms with Crippen LogP contribution >= 0.6 is 22.6 Å². The average Bonchev–Trinajstić information content (AvgIpc) is 2.78. The van der Waals surface area contributed by atoms with Gasteiger partial charge in [-0.15, -0.1) is 0 Å². The molecular formula is C25H19FINO4. The van der Waals surface area contributed by atoms with E-state index in [0.29, 0.717) is 34.8 Å². The minimum atomic E-state index is -1.03. The van der Waals surface area contributed by atoms with Crippen LogP contribution in [0.5, 0.6) is 11.5 Å². The molecule has 5 nitrogen and oxygen atoms in total. The largest absolute Gasteiger partial charge is 0.490 e. The summed E-state index contributed by atoms with van der Waals surface area (Å²) in [5.41, 5.74) is 2.28. The molecule has 0 saturated carbocycles. The summed E-state index contributed by atoms with van der Waals surface area (Å²) in [7, 11) is 0. The molecule has 0 atom stereocenters. The molecule has 0 amide bonds. The molecule has 162 valence electrons. The molecule has 0 fully saturated rings. The lowest BCUT2D eigenvalue weighted by molar-refractivity contribution is 0.0697. The van der Waals surface area contributed by atoms with Gasteiger partial charge in [0.25, 0.3) is 0 Å². The number of ether oxygens (including phenoxy) is 2. The summed E-state index contributed by atoms with van der Waals surface area (Å²) in [4.78, 5) is 11.0. The molecule has 3 rings (SSSR count). The zero-order chi connectivity index (χ0) is 23.1. The van der Waals surface area contributed by atoms with Gasteiger partial charge in [-0.3, -0.25) is 0 Å². The number of rotatable bonds is 8. The summed E-state index contributed by atoms with van der Waals surface area (Å²) >= 11 is 2.11. The lowest BCUT2D eigenvalue weighted by atomic mass is 10.0. The first-order valence-electron chi connectivity index (χ1n) is 9.71. The van der Waals surface area contributed by atoms with Crippen molar-refractivity contribution in [2.45, 2.75) is 13.5 Å². The Morgan fingerprint density at radius 2 is 1.81 bits per heavy atom. The number of carboxylic acid groups (broad SMARTS) is 1. The minimum Gasteiger partial charge on any atom is -0.490 e. The van der Waals surface area contributed by atoms with Gasteiger partial charge in [-0.1, -0.05) is 30.3 Å². The predicted octanol–water partition coefficient (Wildman–Crippen LogP) is 6.17. The topological polar surface area (TPSA) is 79.5 Å². The summed E-state index contributed by atoms with van der Waals surface area (Å²) in [5.74, 6) is -0.383. The third-order valence-electron chi connectivity index (χ3n) is 4.54. The Hall–Kier alpha value is -3.38. The van der Waals surface area contributed by atoms with Gasteiger partial charge in [0.2, 0.25) is 0 Å². The Morgan fingerprint density at radius 3 is 2.44 bits per heavy atom. The van der Waals surface area contributed by atoms with Crippen molar-refractivity contribution in [1.29, 1.82) is 5.26 Å². The van der Waals surface area contributed by atoms with E-state index < -0.39 is 5.97 Å². The zero-order valence-corrected chi connectivity index (χ0v) is 19.3. The summed E-state index contributed by atoms with van der Waals surface area (Å²) in [5, 5.41) is 18.7. The van der Waals surface area contributed by atoms with Crippen LogP contribution in [-0.4, -0.2) is 17.7 Å². The fraction of sp³-hybridized carbons (Fsp3) is 0.120. The second-order valence-electron chi connectivity index (χ2n) is 6.70. The first-order chi connectivity index (χ1) is 15.4. The van der Waals surface area contributed by atoms with Crippen molar-refractivity contribution in [2.24, 2.45) is 0 Å². The molecule has 0 bridgehead atoms. The predicted molar refractivity (Wildman–Crippen MR) is 128 cm³/mol. The first kappa shape index (κ1) is 23.3. The Bertz CT molecular complexity index is 1200. The Kier molecular flexibility index (Phi) is 7.84. The third kappa shape index (κ3) is 5.65. The summed E-state index contributed by atoms with van der Waals surface area (Å²) < 4.78 is 26.3. The molecule has 0 aliphatic carbocycles. The number of carboxylic acids is 1. The van der Waals surface area contributed by atoms with Crippen LogP contribution in [0.1, 0.15) is 34.0 Å². The zero-order valence-electron chi connectivity index (χ0n) is 17.1. The number of nitriles is 1. The maximum absolute atomic E-state index is 13.9. The van der Waals surface area contributed by atoms with Crippen LogP contribution in [0.4, 0.5) is 4.39 Å². The van der Waals surface area contributed by atoms with Crippen molar-refractivity contribution in [3.8, 4) is 17.6 Å². The van der Waals surface area contributed by atoms with Crippen LogP contribution < -0.4 is 9.47 Å². The molecule has 0 radical (unpaired) electrons. The van der Waals surface area contributed by atoms with E-state index in [2.05, 4.69) is 28.7 Å². The number of halogens is 2. The van der Waals surface area contributed by atoms with Crippen LogP contribution in [0, 0.1) is 20.7 Å². The van der Waals surface area contributed by atoms with Gasteiger partial charge in [0.15, 0.2) is 11.5 Å². The van der Waals surface area contributed by atoms with Crippen molar-refractivity contribution in [3.63, 3.8) is 0 Å². The second-order valence-corrected chi connectivity index (χ2v) is 7.86. The van der Waals surface area contributed by atoms with Gasteiger partial charge in [0.05, 0.1) is 27.4 Å². The molecule has 32 heavy (non-hydrogen) atoms. The van der Waals surface area contributed by atoms with Crippen LogP contribution in [-0.2, 0) is 6.61 Å². The van der Waals surface area contributed by atoms with E-state index in [9.17, 15) is 14.4 Å². The van der Waals surface area contributed by atoms with E-state index in [0.717, 1.165) is 9.13 Å². The fourth-order valence-electron chi connectivity index (χ4n) is 2.98. The highest BCUT2D eigenvalue weighted by atomic mass is 127. The smallest absolute Gasteiger partial charge is 0.335 e. The van der Waals surface area contributed by atoms with Gasteiger partial charge < -0.3 is 14.6 Å². The summed E-state index contributed by atoms with van der Waals surface area (Å²) in [6, 6.07) is 18.3. The van der Waals surface area contributed by atoms with Crippen molar-refractivity contribution in [1.82, 2.24) is 0 Å². The summed E-state index contributed by atoms with van der Waals surface area (Å²) in [6.07, 6.45) is 1.70. The quantitative estimate of drug-likeness (QED) is 0.209. The standard InChI is InChI=1S/C25H19FINO4/c1-2-31-23-13-16(11-20(14-28)17-7-9-18(10-8-17)25(29)30)12-22(27)24(23)32-15-19-5-3-4-6-21(19)26/h3-13H,2,15H2,1H3,(H,29,30)/b20-11-. The lowest BCUT2D eigenvalue weighted by Gasteiger charge is -2.15. The van der Waals surface area contributed by atoms with E-state index in [-0.39, 0.29) is 18.0 Å². The van der Waals surface area contributed by atoms with Gasteiger partial charge in [-0.25, -0.2) is 9.18 Å². The van der Waals surface area contributed by atoms with Gasteiger partial charge in [0, 0.05) is 5.56 Å². The summed E-state index contributed by atoms with van der Waals surface area (Å²) in [6.45, 7) is 2.30. The monoisotopic (exact) mass is 543 g/mol. The average molecular weight is 543 g/mol. The highest BCUT2D eigenvalue weighted by Gasteiger charge is 2.14. The van der Waals surface area contributed by atoms with E-state index >= 15 is 0 Å². The van der Waals surface area contributed by atoms with Crippen LogP contribution in [0.25, 0.3) is 11.6 Å². The highest BCUT2D eigenvalue weighted by molar-refractivity contribution is 14.1. The Labute approximate surface area is 198 Å². The Balaban J connectivity index is 1.92. The van der Waals surface area contributed by atoms with Gasteiger partial charge in [-0.05, 0) is 77.0 Å². The second kappa shape index (κ2) is 10.8. The third-order valence-corrected chi connectivity index (χ3v) is 5.34. The molecule has 0 aliphatic rings. The maximum atomic E-state index is 13.9. The molecule has 0 spiro atoms. The molecule has 1 N–H and O–H groups in total. The normalized spacial score (nSPS) is 11.0.